The molecule has 17 heavy (non-hydrogen) atoms. The van der Waals surface area contributed by atoms with Gasteiger partial charge in [-0.1, -0.05) is 18.3 Å². The molecule has 2 rings (SSSR count). The molecular formula is C10H17N5OS. The second kappa shape index (κ2) is 5.52. The first-order valence-corrected chi connectivity index (χ1v) is 6.45. The lowest BCUT2D eigenvalue weighted by Gasteiger charge is -2.04. The van der Waals surface area contributed by atoms with Crippen LogP contribution in [0, 0.1) is 5.92 Å². The number of aromatic nitrogens is 4. The third kappa shape index (κ3) is 2.80. The number of hydrogen-bond acceptors (Lipinski definition) is 6. The molecule has 0 bridgehead atoms. The quantitative estimate of drug-likeness (QED) is 0.828. The summed E-state index contributed by atoms with van der Waals surface area (Å²) in [5.41, 5.74) is 5.59. The normalized spacial score (nSPS) is 13.4. The van der Waals surface area contributed by atoms with Crippen LogP contribution in [-0.4, -0.2) is 33.5 Å². The molecule has 0 aromatic carbocycles. The summed E-state index contributed by atoms with van der Waals surface area (Å²) in [6, 6.07) is 0. The predicted octanol–water partition coefficient (Wildman–Crippen LogP) is 0.860. The van der Waals surface area contributed by atoms with Gasteiger partial charge in [0.1, 0.15) is 11.6 Å². The first-order valence-electron chi connectivity index (χ1n) is 5.63. The summed E-state index contributed by atoms with van der Waals surface area (Å²) < 4.78 is 6.80. The third-order valence-corrected chi connectivity index (χ3v) is 3.58. The van der Waals surface area contributed by atoms with Gasteiger partial charge in [0.05, 0.1) is 0 Å². The van der Waals surface area contributed by atoms with Crippen molar-refractivity contribution in [2.75, 3.05) is 13.7 Å². The van der Waals surface area contributed by atoms with E-state index in [4.69, 9.17) is 10.5 Å². The smallest absolute Gasteiger partial charge is 0.234 e. The number of ether oxygens (including phenoxy) is 1. The van der Waals surface area contributed by atoms with Crippen LogP contribution in [0.3, 0.4) is 0 Å². The maximum Gasteiger partial charge on any atom is 0.234 e. The molecule has 0 radical (unpaired) electrons. The van der Waals surface area contributed by atoms with Crippen LogP contribution in [-0.2, 0) is 17.8 Å². The van der Waals surface area contributed by atoms with E-state index in [1.807, 2.05) is 0 Å². The van der Waals surface area contributed by atoms with Gasteiger partial charge in [0.2, 0.25) is 4.96 Å². The molecule has 0 saturated heterocycles. The number of fused-ring (bicyclic) bond motifs is 1. The summed E-state index contributed by atoms with van der Waals surface area (Å²) in [6.07, 6.45) is 2.00. The zero-order chi connectivity index (χ0) is 12.3. The van der Waals surface area contributed by atoms with E-state index in [-0.39, 0.29) is 0 Å². The first kappa shape index (κ1) is 12.4. The van der Waals surface area contributed by atoms with Gasteiger partial charge in [0.15, 0.2) is 5.82 Å². The molecule has 2 aromatic heterocycles. The average molecular weight is 255 g/mol. The van der Waals surface area contributed by atoms with Gasteiger partial charge in [-0.25, -0.2) is 0 Å². The number of nitrogens with zero attached hydrogens (tertiary/aromatic N) is 4. The molecule has 2 heterocycles. The van der Waals surface area contributed by atoms with Crippen LogP contribution < -0.4 is 5.73 Å². The van der Waals surface area contributed by atoms with Gasteiger partial charge in [0, 0.05) is 13.5 Å². The summed E-state index contributed by atoms with van der Waals surface area (Å²) in [4.78, 5) is 0.826. The molecule has 2 N–H and O–H groups in total. The minimum Gasteiger partial charge on any atom is -0.377 e. The van der Waals surface area contributed by atoms with Crippen LogP contribution in [0.1, 0.15) is 24.2 Å². The van der Waals surface area contributed by atoms with Crippen LogP contribution in [0.4, 0.5) is 0 Å². The second-order valence-corrected chi connectivity index (χ2v) is 5.16. The Kier molecular flexibility index (Phi) is 4.03. The predicted molar refractivity (Wildman–Crippen MR) is 65.9 cm³/mol. The van der Waals surface area contributed by atoms with Gasteiger partial charge in [-0.3, -0.25) is 0 Å². The zero-order valence-electron chi connectivity index (χ0n) is 10.1. The highest BCUT2D eigenvalue weighted by molar-refractivity contribution is 7.16. The molecule has 0 aliphatic carbocycles. The Morgan fingerprint density at radius 2 is 2.29 bits per heavy atom. The molecule has 0 saturated carbocycles. The molecule has 2 aromatic rings. The van der Waals surface area contributed by atoms with E-state index in [0.29, 0.717) is 12.5 Å². The Morgan fingerprint density at radius 1 is 1.47 bits per heavy atom. The van der Waals surface area contributed by atoms with Crippen LogP contribution in [0.25, 0.3) is 4.96 Å². The molecule has 1 unspecified atom stereocenters. The fraction of sp³-hybridized carbons (Fsp3) is 0.700. The minimum absolute atomic E-state index is 0.434. The Labute approximate surface area is 104 Å². The zero-order valence-corrected chi connectivity index (χ0v) is 10.9. The SMILES string of the molecule is COCc1nnc2sc(CCC(C)CN)nn12. The Bertz CT molecular complexity index is 480. The fourth-order valence-electron chi connectivity index (χ4n) is 1.50. The average Bonchev–Trinajstić information content (AvgIpc) is 2.88. The van der Waals surface area contributed by atoms with Crippen LogP contribution in [0.2, 0.25) is 0 Å². The van der Waals surface area contributed by atoms with Gasteiger partial charge in [0.25, 0.3) is 0 Å². The number of aryl methyl sites for hydroxylation is 1. The highest BCUT2D eigenvalue weighted by Crippen LogP contribution is 2.17. The summed E-state index contributed by atoms with van der Waals surface area (Å²) in [5, 5.41) is 13.6. The molecule has 0 aliphatic heterocycles. The van der Waals surface area contributed by atoms with Crippen molar-refractivity contribution in [3.63, 3.8) is 0 Å². The number of hydrogen-bond donors (Lipinski definition) is 1. The van der Waals surface area contributed by atoms with E-state index >= 15 is 0 Å². The van der Waals surface area contributed by atoms with Crippen molar-refractivity contribution in [1.82, 2.24) is 19.8 Å². The van der Waals surface area contributed by atoms with Crippen molar-refractivity contribution in [1.29, 1.82) is 0 Å². The molecule has 0 aliphatic rings. The van der Waals surface area contributed by atoms with Gasteiger partial charge >= 0.3 is 0 Å². The highest BCUT2D eigenvalue weighted by Gasteiger charge is 2.11. The fourth-order valence-corrected chi connectivity index (χ4v) is 2.37. The summed E-state index contributed by atoms with van der Waals surface area (Å²) >= 11 is 1.58. The van der Waals surface area contributed by atoms with E-state index < -0.39 is 0 Å². The monoisotopic (exact) mass is 255 g/mol. The lowest BCUT2D eigenvalue weighted by molar-refractivity contribution is 0.176. The largest absolute Gasteiger partial charge is 0.377 e. The van der Waals surface area contributed by atoms with Crippen LogP contribution in [0.15, 0.2) is 0 Å². The van der Waals surface area contributed by atoms with E-state index in [1.165, 1.54) is 0 Å². The Balaban J connectivity index is 2.09. The number of methoxy groups -OCH3 is 1. The van der Waals surface area contributed by atoms with Crippen molar-refractivity contribution in [3.8, 4) is 0 Å². The first-order chi connectivity index (χ1) is 8.24. The topological polar surface area (TPSA) is 78.3 Å². The van der Waals surface area contributed by atoms with E-state index in [2.05, 4.69) is 22.2 Å². The summed E-state index contributed by atoms with van der Waals surface area (Å²) in [5.74, 6) is 1.28. The molecule has 6 nitrogen and oxygen atoms in total. The van der Waals surface area contributed by atoms with Gasteiger partial charge in [-0.05, 0) is 18.9 Å². The standard InChI is InChI=1S/C10H17N5OS/c1-7(5-11)3-4-9-14-15-8(6-16-2)12-13-10(15)17-9/h7H,3-6,11H2,1-2H3. The molecule has 7 heteroatoms. The lowest BCUT2D eigenvalue weighted by Crippen LogP contribution is -2.11. The van der Waals surface area contributed by atoms with E-state index in [0.717, 1.165) is 35.2 Å². The lowest BCUT2D eigenvalue weighted by atomic mass is 10.1. The Morgan fingerprint density at radius 3 is 3.00 bits per heavy atom. The van der Waals surface area contributed by atoms with Gasteiger partial charge in [-0.2, -0.15) is 9.61 Å². The highest BCUT2D eigenvalue weighted by atomic mass is 32.1. The van der Waals surface area contributed by atoms with Gasteiger partial charge in [-0.15, -0.1) is 10.2 Å². The van der Waals surface area contributed by atoms with Crippen LogP contribution >= 0.6 is 11.3 Å². The van der Waals surface area contributed by atoms with E-state index in [1.54, 1.807) is 23.0 Å². The van der Waals surface area contributed by atoms with Crippen molar-refractivity contribution in [2.45, 2.75) is 26.4 Å². The van der Waals surface area contributed by atoms with Crippen molar-refractivity contribution >= 4 is 16.3 Å². The van der Waals surface area contributed by atoms with Crippen molar-refractivity contribution in [2.24, 2.45) is 11.7 Å². The van der Waals surface area contributed by atoms with Crippen molar-refractivity contribution in [3.05, 3.63) is 10.8 Å². The number of rotatable bonds is 6. The summed E-state index contributed by atoms with van der Waals surface area (Å²) in [6.45, 7) is 3.30. The maximum atomic E-state index is 5.59. The molecule has 0 fully saturated rings. The number of nitrogens with two attached hydrogens (primary N) is 1. The third-order valence-electron chi connectivity index (χ3n) is 2.62. The molecule has 0 spiro atoms. The molecule has 1 atom stereocenters. The molecule has 94 valence electrons. The van der Waals surface area contributed by atoms with Gasteiger partial charge < -0.3 is 10.5 Å². The van der Waals surface area contributed by atoms with E-state index in [9.17, 15) is 0 Å². The second-order valence-electron chi connectivity index (χ2n) is 4.12. The maximum absolute atomic E-state index is 5.59. The molecular weight excluding hydrogens is 238 g/mol. The summed E-state index contributed by atoms with van der Waals surface area (Å²) in [7, 11) is 1.64. The van der Waals surface area contributed by atoms with Crippen LogP contribution in [0.5, 0.6) is 0 Å². The van der Waals surface area contributed by atoms with Crippen molar-refractivity contribution < 1.29 is 4.74 Å². The molecule has 0 amide bonds. The Hall–Kier alpha value is -1.05. The minimum atomic E-state index is 0.434.